The van der Waals surface area contributed by atoms with Gasteiger partial charge in [0, 0.05) is 19.8 Å². The summed E-state index contributed by atoms with van der Waals surface area (Å²) in [6.45, 7) is 6.75. The first-order valence-corrected chi connectivity index (χ1v) is 8.39. The second-order valence-electron chi connectivity index (χ2n) is 6.10. The molecule has 2 heterocycles. The van der Waals surface area contributed by atoms with Gasteiger partial charge in [0.2, 0.25) is 5.95 Å². The molecule has 1 aromatic carbocycles. The molecular weight excluding hydrogens is 304 g/mol. The fourth-order valence-electron chi connectivity index (χ4n) is 2.60. The van der Waals surface area contributed by atoms with Gasteiger partial charge in [0.05, 0.1) is 24.1 Å². The van der Waals surface area contributed by atoms with Crippen molar-refractivity contribution in [2.45, 2.75) is 45.9 Å². The second kappa shape index (κ2) is 8.17. The number of nitrogens with zero attached hydrogens (tertiary/aromatic N) is 3. The predicted octanol–water partition coefficient (Wildman–Crippen LogP) is 2.80. The first-order valence-electron chi connectivity index (χ1n) is 8.39. The van der Waals surface area contributed by atoms with Gasteiger partial charge in [-0.15, -0.1) is 5.10 Å². The van der Waals surface area contributed by atoms with Gasteiger partial charge in [-0.25, -0.2) is 4.98 Å². The predicted molar refractivity (Wildman–Crippen MR) is 91.7 cm³/mol. The third-order valence-electron chi connectivity index (χ3n) is 4.19. The maximum atomic E-state index is 5.98. The molecular formula is C18H24N4O2. The second-order valence-corrected chi connectivity index (χ2v) is 6.10. The van der Waals surface area contributed by atoms with Crippen LogP contribution in [0.15, 0.2) is 24.3 Å². The minimum Gasteiger partial charge on any atom is -0.381 e. The SMILES string of the molecule is Cc1nnc(NCc2cccc(COC3CCOCC3)c2)nc1C. The highest BCUT2D eigenvalue weighted by molar-refractivity contribution is 5.30. The van der Waals surface area contributed by atoms with Crippen LogP contribution in [0.1, 0.15) is 35.4 Å². The van der Waals surface area contributed by atoms with Gasteiger partial charge in [-0.2, -0.15) is 5.10 Å². The van der Waals surface area contributed by atoms with Crippen LogP contribution in [-0.4, -0.2) is 34.5 Å². The molecule has 0 aliphatic carbocycles. The van der Waals surface area contributed by atoms with Crippen molar-refractivity contribution < 1.29 is 9.47 Å². The Balaban J connectivity index is 1.53. The summed E-state index contributed by atoms with van der Waals surface area (Å²) in [5.74, 6) is 0.557. The van der Waals surface area contributed by atoms with Crippen LogP contribution in [-0.2, 0) is 22.6 Å². The van der Waals surface area contributed by atoms with E-state index in [4.69, 9.17) is 9.47 Å². The summed E-state index contributed by atoms with van der Waals surface area (Å²) in [6.07, 6.45) is 2.28. The van der Waals surface area contributed by atoms with E-state index < -0.39 is 0 Å². The third kappa shape index (κ3) is 4.72. The van der Waals surface area contributed by atoms with Crippen molar-refractivity contribution in [2.75, 3.05) is 18.5 Å². The number of rotatable bonds is 6. The average Bonchev–Trinajstić information content (AvgIpc) is 2.62. The highest BCUT2D eigenvalue weighted by Crippen LogP contribution is 2.15. The molecule has 0 radical (unpaired) electrons. The number of nitrogens with one attached hydrogen (secondary N) is 1. The molecule has 1 fully saturated rings. The number of hydrogen-bond acceptors (Lipinski definition) is 6. The molecule has 0 spiro atoms. The monoisotopic (exact) mass is 328 g/mol. The van der Waals surface area contributed by atoms with Crippen molar-refractivity contribution in [3.8, 4) is 0 Å². The number of aryl methyl sites for hydroxylation is 2. The van der Waals surface area contributed by atoms with Crippen LogP contribution < -0.4 is 5.32 Å². The molecule has 1 N–H and O–H groups in total. The Bertz CT molecular complexity index is 672. The van der Waals surface area contributed by atoms with Gasteiger partial charge in [-0.3, -0.25) is 0 Å². The maximum Gasteiger partial charge on any atom is 0.243 e. The number of ether oxygens (including phenoxy) is 2. The smallest absolute Gasteiger partial charge is 0.243 e. The number of aromatic nitrogens is 3. The van der Waals surface area contributed by atoms with Crippen LogP contribution in [0.2, 0.25) is 0 Å². The Morgan fingerprint density at radius 2 is 1.92 bits per heavy atom. The summed E-state index contributed by atoms with van der Waals surface area (Å²) < 4.78 is 11.3. The Labute approximate surface area is 142 Å². The normalized spacial score (nSPS) is 15.4. The van der Waals surface area contributed by atoms with Crippen molar-refractivity contribution >= 4 is 5.95 Å². The van der Waals surface area contributed by atoms with Crippen molar-refractivity contribution in [1.82, 2.24) is 15.2 Å². The Morgan fingerprint density at radius 1 is 1.12 bits per heavy atom. The molecule has 1 aromatic heterocycles. The van der Waals surface area contributed by atoms with E-state index in [2.05, 4.69) is 44.8 Å². The van der Waals surface area contributed by atoms with Gasteiger partial charge < -0.3 is 14.8 Å². The Morgan fingerprint density at radius 3 is 2.71 bits per heavy atom. The summed E-state index contributed by atoms with van der Waals surface area (Å²) in [5, 5.41) is 11.4. The van der Waals surface area contributed by atoms with Crippen molar-refractivity contribution in [2.24, 2.45) is 0 Å². The van der Waals surface area contributed by atoms with Crippen LogP contribution in [0.3, 0.4) is 0 Å². The lowest BCUT2D eigenvalue weighted by molar-refractivity contribution is -0.0390. The first-order chi connectivity index (χ1) is 11.7. The average molecular weight is 328 g/mol. The molecule has 0 unspecified atom stereocenters. The van der Waals surface area contributed by atoms with E-state index in [-0.39, 0.29) is 0 Å². The van der Waals surface area contributed by atoms with E-state index in [0.29, 0.717) is 25.2 Å². The maximum absolute atomic E-state index is 5.98. The van der Waals surface area contributed by atoms with E-state index in [0.717, 1.165) is 37.4 Å². The zero-order chi connectivity index (χ0) is 16.8. The van der Waals surface area contributed by atoms with Gasteiger partial charge >= 0.3 is 0 Å². The molecule has 1 saturated heterocycles. The zero-order valence-corrected chi connectivity index (χ0v) is 14.3. The summed E-state index contributed by atoms with van der Waals surface area (Å²) in [7, 11) is 0. The standard InChI is InChI=1S/C18H24N4O2/c1-13-14(2)21-22-18(20-13)19-11-15-4-3-5-16(10-15)12-24-17-6-8-23-9-7-17/h3-5,10,17H,6-9,11-12H2,1-2H3,(H,19,20,22). The lowest BCUT2D eigenvalue weighted by atomic mass is 10.1. The zero-order valence-electron chi connectivity index (χ0n) is 14.3. The summed E-state index contributed by atoms with van der Waals surface area (Å²) in [6, 6.07) is 8.39. The van der Waals surface area contributed by atoms with Crippen molar-refractivity contribution in [3.05, 3.63) is 46.8 Å². The highest BCUT2D eigenvalue weighted by Gasteiger charge is 2.14. The molecule has 1 aliphatic heterocycles. The molecule has 6 heteroatoms. The fourth-order valence-corrected chi connectivity index (χ4v) is 2.60. The molecule has 128 valence electrons. The highest BCUT2D eigenvalue weighted by atomic mass is 16.5. The number of hydrogen-bond donors (Lipinski definition) is 1. The molecule has 0 bridgehead atoms. The molecule has 3 rings (SSSR count). The largest absolute Gasteiger partial charge is 0.381 e. The topological polar surface area (TPSA) is 69.2 Å². The van der Waals surface area contributed by atoms with Crippen LogP contribution in [0, 0.1) is 13.8 Å². The van der Waals surface area contributed by atoms with E-state index in [1.54, 1.807) is 0 Å². The fraction of sp³-hybridized carbons (Fsp3) is 0.500. The van der Waals surface area contributed by atoms with Gasteiger partial charge in [-0.1, -0.05) is 24.3 Å². The minimum atomic E-state index is 0.315. The summed E-state index contributed by atoms with van der Waals surface area (Å²) >= 11 is 0. The molecule has 2 aromatic rings. The quantitative estimate of drug-likeness (QED) is 0.879. The van der Waals surface area contributed by atoms with Gasteiger partial charge in [-0.05, 0) is 37.8 Å². The van der Waals surface area contributed by atoms with Gasteiger partial charge in [0.1, 0.15) is 0 Å². The Kier molecular flexibility index (Phi) is 5.72. The molecule has 0 atom stereocenters. The summed E-state index contributed by atoms with van der Waals surface area (Å²) in [4.78, 5) is 4.39. The molecule has 0 amide bonds. The minimum absolute atomic E-state index is 0.315. The van der Waals surface area contributed by atoms with Crippen LogP contribution in [0.5, 0.6) is 0 Å². The van der Waals surface area contributed by atoms with Crippen LogP contribution in [0.4, 0.5) is 5.95 Å². The third-order valence-corrected chi connectivity index (χ3v) is 4.19. The summed E-state index contributed by atoms with van der Waals surface area (Å²) in [5.41, 5.74) is 4.10. The van der Waals surface area contributed by atoms with Crippen LogP contribution in [0.25, 0.3) is 0 Å². The number of anilines is 1. The molecule has 6 nitrogen and oxygen atoms in total. The molecule has 1 aliphatic rings. The van der Waals surface area contributed by atoms with Gasteiger partial charge in [0.15, 0.2) is 0 Å². The number of benzene rings is 1. The van der Waals surface area contributed by atoms with E-state index in [9.17, 15) is 0 Å². The first kappa shape index (κ1) is 16.8. The van der Waals surface area contributed by atoms with E-state index in [1.807, 2.05) is 13.8 Å². The molecule has 0 saturated carbocycles. The lowest BCUT2D eigenvalue weighted by Gasteiger charge is -2.22. The molecule has 24 heavy (non-hydrogen) atoms. The van der Waals surface area contributed by atoms with Crippen LogP contribution >= 0.6 is 0 Å². The van der Waals surface area contributed by atoms with Crippen molar-refractivity contribution in [1.29, 1.82) is 0 Å². The van der Waals surface area contributed by atoms with Crippen molar-refractivity contribution in [3.63, 3.8) is 0 Å². The van der Waals surface area contributed by atoms with E-state index in [1.165, 1.54) is 11.1 Å². The van der Waals surface area contributed by atoms with Gasteiger partial charge in [0.25, 0.3) is 0 Å². The Hall–Kier alpha value is -2.05. The van der Waals surface area contributed by atoms with E-state index >= 15 is 0 Å². The lowest BCUT2D eigenvalue weighted by Crippen LogP contribution is -2.23.